The lowest BCUT2D eigenvalue weighted by Gasteiger charge is -2.36. The predicted molar refractivity (Wildman–Crippen MR) is 101 cm³/mol. The van der Waals surface area contributed by atoms with Gasteiger partial charge in [0.1, 0.15) is 5.82 Å². The number of carbonyl (C=O) groups excluding carboxylic acids is 1. The van der Waals surface area contributed by atoms with Gasteiger partial charge in [0.05, 0.1) is 18.2 Å². The van der Waals surface area contributed by atoms with E-state index in [2.05, 4.69) is 32.3 Å². The molecule has 134 valence electrons. The van der Waals surface area contributed by atoms with E-state index in [1.165, 1.54) is 10.4 Å². The minimum Gasteiger partial charge on any atom is -0.354 e. The molecule has 2 aromatic rings. The third-order valence-electron chi connectivity index (χ3n) is 5.09. The Morgan fingerprint density at radius 2 is 2.08 bits per heavy atom. The van der Waals surface area contributed by atoms with Crippen molar-refractivity contribution in [1.29, 1.82) is 5.26 Å². The number of amides is 1. The van der Waals surface area contributed by atoms with Crippen molar-refractivity contribution >= 4 is 23.1 Å². The smallest absolute Gasteiger partial charge is 0.237 e. The number of aromatic nitrogens is 1. The summed E-state index contributed by atoms with van der Waals surface area (Å²) < 4.78 is 0. The van der Waals surface area contributed by atoms with Gasteiger partial charge >= 0.3 is 0 Å². The summed E-state index contributed by atoms with van der Waals surface area (Å²) in [5, 5.41) is 11.1. The molecule has 0 N–H and O–H groups in total. The van der Waals surface area contributed by atoms with Gasteiger partial charge in [-0.05, 0) is 35.6 Å². The summed E-state index contributed by atoms with van der Waals surface area (Å²) in [6, 6.07) is 7.84. The van der Waals surface area contributed by atoms with E-state index in [0.717, 1.165) is 51.5 Å². The highest BCUT2D eigenvalue weighted by atomic mass is 32.1. The zero-order valence-electron chi connectivity index (χ0n) is 14.6. The summed E-state index contributed by atoms with van der Waals surface area (Å²) in [7, 11) is 0. The Hall–Kier alpha value is -2.43. The first-order valence-electron chi connectivity index (χ1n) is 8.89. The van der Waals surface area contributed by atoms with E-state index in [-0.39, 0.29) is 5.91 Å². The fourth-order valence-corrected chi connectivity index (χ4v) is 4.44. The highest BCUT2D eigenvalue weighted by molar-refractivity contribution is 7.10. The summed E-state index contributed by atoms with van der Waals surface area (Å²) in [6.07, 6.45) is 2.66. The maximum absolute atomic E-state index is 12.7. The molecule has 1 amide bonds. The summed E-state index contributed by atoms with van der Waals surface area (Å²) in [6.45, 7) is 5.38. The van der Waals surface area contributed by atoms with Gasteiger partial charge in [-0.1, -0.05) is 0 Å². The molecule has 0 radical (unpaired) electrons. The molecule has 0 saturated carbocycles. The topological polar surface area (TPSA) is 63.5 Å². The van der Waals surface area contributed by atoms with Gasteiger partial charge in [-0.25, -0.2) is 4.98 Å². The molecule has 0 aliphatic carbocycles. The van der Waals surface area contributed by atoms with Gasteiger partial charge in [0.2, 0.25) is 5.91 Å². The minimum absolute atomic E-state index is 0.222. The maximum Gasteiger partial charge on any atom is 0.237 e. The van der Waals surface area contributed by atoms with Gasteiger partial charge in [-0.2, -0.15) is 5.26 Å². The molecular formula is C19H21N5OS. The van der Waals surface area contributed by atoms with E-state index in [9.17, 15) is 4.79 Å². The van der Waals surface area contributed by atoms with E-state index < -0.39 is 0 Å². The van der Waals surface area contributed by atoms with Crippen LogP contribution in [0.4, 0.5) is 5.82 Å². The number of piperazine rings is 1. The van der Waals surface area contributed by atoms with Crippen LogP contribution in [0, 0.1) is 11.3 Å². The summed E-state index contributed by atoms with van der Waals surface area (Å²) in [5.41, 5.74) is 1.94. The number of anilines is 1. The Morgan fingerprint density at radius 3 is 2.88 bits per heavy atom. The van der Waals surface area contributed by atoms with Crippen LogP contribution in [0.25, 0.3) is 0 Å². The Kier molecular flexibility index (Phi) is 4.87. The third kappa shape index (κ3) is 3.57. The van der Waals surface area contributed by atoms with Crippen molar-refractivity contribution in [3.05, 3.63) is 45.8 Å². The average molecular weight is 367 g/mol. The lowest BCUT2D eigenvalue weighted by Crippen LogP contribution is -2.50. The van der Waals surface area contributed by atoms with Gasteiger partial charge in [0.25, 0.3) is 0 Å². The molecule has 1 saturated heterocycles. The van der Waals surface area contributed by atoms with Gasteiger partial charge < -0.3 is 9.80 Å². The van der Waals surface area contributed by atoms with E-state index in [4.69, 9.17) is 5.26 Å². The van der Waals surface area contributed by atoms with Crippen molar-refractivity contribution in [2.45, 2.75) is 13.0 Å². The Bertz CT molecular complexity index is 834. The molecular weight excluding hydrogens is 346 g/mol. The highest BCUT2D eigenvalue weighted by Crippen LogP contribution is 2.24. The van der Waals surface area contributed by atoms with Crippen LogP contribution in [-0.2, 0) is 17.8 Å². The van der Waals surface area contributed by atoms with Crippen LogP contribution >= 0.6 is 11.3 Å². The number of pyridine rings is 1. The molecule has 2 aliphatic heterocycles. The molecule has 7 heteroatoms. The van der Waals surface area contributed by atoms with Crippen LogP contribution < -0.4 is 4.90 Å². The van der Waals surface area contributed by atoms with E-state index in [1.807, 2.05) is 11.0 Å². The largest absolute Gasteiger partial charge is 0.354 e. The van der Waals surface area contributed by atoms with E-state index in [0.29, 0.717) is 12.1 Å². The second-order valence-corrected chi connectivity index (χ2v) is 7.71. The number of rotatable bonds is 3. The first-order chi connectivity index (χ1) is 12.7. The molecule has 4 rings (SSSR count). The minimum atomic E-state index is 0.222. The zero-order valence-corrected chi connectivity index (χ0v) is 15.4. The second kappa shape index (κ2) is 7.44. The standard InChI is InChI=1S/C19H21N5OS/c20-12-15-1-4-21-18(11-15)23-8-6-22(7-9-23)14-19(25)24-5-2-17-16(13-24)3-10-26-17/h1,3-4,10-11H,2,5-9,13-14H2. The van der Waals surface area contributed by atoms with Crippen LogP contribution in [0.15, 0.2) is 29.8 Å². The van der Waals surface area contributed by atoms with Crippen LogP contribution in [0.3, 0.4) is 0 Å². The molecule has 6 nitrogen and oxygen atoms in total. The molecule has 0 aromatic carbocycles. The first-order valence-corrected chi connectivity index (χ1v) is 9.77. The predicted octanol–water partition coefficient (Wildman–Crippen LogP) is 1.72. The molecule has 0 spiro atoms. The SMILES string of the molecule is N#Cc1ccnc(N2CCN(CC(=O)N3CCc4sccc4C3)CC2)c1. The quantitative estimate of drug-likeness (QED) is 0.827. The fourth-order valence-electron chi connectivity index (χ4n) is 3.55. The normalized spacial score (nSPS) is 17.7. The zero-order chi connectivity index (χ0) is 17.9. The van der Waals surface area contributed by atoms with E-state index >= 15 is 0 Å². The number of carbonyl (C=O) groups is 1. The maximum atomic E-state index is 12.7. The molecule has 26 heavy (non-hydrogen) atoms. The first kappa shape index (κ1) is 17.0. The lowest BCUT2D eigenvalue weighted by atomic mass is 10.1. The number of hydrogen-bond acceptors (Lipinski definition) is 6. The summed E-state index contributed by atoms with van der Waals surface area (Å²) >= 11 is 1.80. The molecule has 4 heterocycles. The molecule has 2 aliphatic rings. The average Bonchev–Trinajstić information content (AvgIpc) is 3.16. The van der Waals surface area contributed by atoms with Crippen LogP contribution in [0.2, 0.25) is 0 Å². The van der Waals surface area contributed by atoms with Crippen molar-refractivity contribution in [3.63, 3.8) is 0 Å². The fraction of sp³-hybridized carbons (Fsp3) is 0.421. The van der Waals surface area contributed by atoms with Crippen molar-refractivity contribution in [1.82, 2.24) is 14.8 Å². The van der Waals surface area contributed by atoms with Gasteiger partial charge in [0.15, 0.2) is 0 Å². The second-order valence-electron chi connectivity index (χ2n) is 6.71. The third-order valence-corrected chi connectivity index (χ3v) is 6.11. The Balaban J connectivity index is 1.30. The van der Waals surface area contributed by atoms with Crippen molar-refractivity contribution < 1.29 is 4.79 Å². The lowest BCUT2D eigenvalue weighted by molar-refractivity contribution is -0.133. The van der Waals surface area contributed by atoms with Crippen molar-refractivity contribution in [2.75, 3.05) is 44.2 Å². The van der Waals surface area contributed by atoms with Gasteiger partial charge in [0, 0.05) is 50.3 Å². The highest BCUT2D eigenvalue weighted by Gasteiger charge is 2.25. The molecule has 0 bridgehead atoms. The van der Waals surface area contributed by atoms with Crippen molar-refractivity contribution in [2.24, 2.45) is 0 Å². The monoisotopic (exact) mass is 367 g/mol. The number of nitrogens with zero attached hydrogens (tertiary/aromatic N) is 5. The van der Waals surface area contributed by atoms with Crippen molar-refractivity contribution in [3.8, 4) is 6.07 Å². The molecule has 0 atom stereocenters. The summed E-state index contributed by atoms with van der Waals surface area (Å²) in [4.78, 5) is 24.8. The van der Waals surface area contributed by atoms with Crippen LogP contribution in [0.5, 0.6) is 0 Å². The number of fused-ring (bicyclic) bond motifs is 1. The van der Waals surface area contributed by atoms with Crippen LogP contribution in [-0.4, -0.2) is 60.0 Å². The number of thiophene rings is 1. The van der Waals surface area contributed by atoms with Crippen LogP contribution in [0.1, 0.15) is 16.0 Å². The Morgan fingerprint density at radius 1 is 1.23 bits per heavy atom. The van der Waals surface area contributed by atoms with E-state index in [1.54, 1.807) is 23.6 Å². The van der Waals surface area contributed by atoms with Gasteiger partial charge in [-0.3, -0.25) is 9.69 Å². The Labute approximate surface area is 157 Å². The molecule has 2 aromatic heterocycles. The van der Waals surface area contributed by atoms with Gasteiger partial charge in [-0.15, -0.1) is 11.3 Å². The number of hydrogen-bond donors (Lipinski definition) is 0. The molecule has 1 fully saturated rings. The summed E-state index contributed by atoms with van der Waals surface area (Å²) in [5.74, 6) is 1.07. The molecule has 0 unspecified atom stereocenters. The number of nitriles is 1.